The SMILES string of the molecule is O=c1[nH]c(=S)n(CC2CCCO2)c2nc(-c3ccc(F)cc3)cc(C(F)(F)F)c12. The summed E-state index contributed by atoms with van der Waals surface area (Å²) in [5, 5.41) is -0.588. The maximum Gasteiger partial charge on any atom is 0.417 e. The van der Waals surface area contributed by atoms with Crippen molar-refractivity contribution in [1.29, 1.82) is 0 Å². The van der Waals surface area contributed by atoms with Gasteiger partial charge in [0, 0.05) is 12.2 Å². The number of pyridine rings is 1. The minimum Gasteiger partial charge on any atom is -0.376 e. The molecule has 1 aromatic carbocycles. The Morgan fingerprint density at radius 2 is 2.00 bits per heavy atom. The molecule has 1 fully saturated rings. The molecule has 0 bridgehead atoms. The number of benzene rings is 1. The second-order valence-electron chi connectivity index (χ2n) is 6.76. The Balaban J connectivity index is 2.02. The number of aromatic amines is 1. The summed E-state index contributed by atoms with van der Waals surface area (Å²) in [5.74, 6) is -0.525. The van der Waals surface area contributed by atoms with E-state index in [9.17, 15) is 22.4 Å². The summed E-state index contributed by atoms with van der Waals surface area (Å²) >= 11 is 5.20. The number of hydrogen-bond donors (Lipinski definition) is 1. The normalized spacial score (nSPS) is 17.2. The molecule has 10 heteroatoms. The first kappa shape index (κ1) is 19.7. The highest BCUT2D eigenvalue weighted by molar-refractivity contribution is 7.71. The molecule has 3 aromatic rings. The summed E-state index contributed by atoms with van der Waals surface area (Å²) in [6.45, 7) is 0.727. The van der Waals surface area contributed by atoms with Crippen LogP contribution in [-0.4, -0.2) is 27.2 Å². The van der Waals surface area contributed by atoms with Crippen molar-refractivity contribution < 1.29 is 22.3 Å². The lowest BCUT2D eigenvalue weighted by molar-refractivity contribution is -0.136. The zero-order chi connectivity index (χ0) is 20.8. The number of nitrogens with one attached hydrogen (secondary N) is 1. The minimum absolute atomic E-state index is 0.0325. The molecule has 0 spiro atoms. The number of rotatable bonds is 3. The Labute approximate surface area is 167 Å². The molecule has 5 nitrogen and oxygen atoms in total. The van der Waals surface area contributed by atoms with E-state index >= 15 is 0 Å². The van der Waals surface area contributed by atoms with Crippen LogP contribution in [0.15, 0.2) is 35.1 Å². The van der Waals surface area contributed by atoms with Crippen LogP contribution in [0.3, 0.4) is 0 Å². The molecule has 1 unspecified atom stereocenters. The van der Waals surface area contributed by atoms with Crippen LogP contribution in [0.1, 0.15) is 18.4 Å². The highest BCUT2D eigenvalue weighted by Crippen LogP contribution is 2.35. The fourth-order valence-electron chi connectivity index (χ4n) is 3.43. The van der Waals surface area contributed by atoms with E-state index in [2.05, 4.69) is 9.97 Å². The molecule has 152 valence electrons. The van der Waals surface area contributed by atoms with Crippen LogP contribution < -0.4 is 5.56 Å². The van der Waals surface area contributed by atoms with E-state index in [0.717, 1.165) is 31.0 Å². The molecule has 29 heavy (non-hydrogen) atoms. The average molecular weight is 425 g/mol. The molecule has 1 N–H and O–H groups in total. The summed E-state index contributed by atoms with van der Waals surface area (Å²) < 4.78 is 61.5. The van der Waals surface area contributed by atoms with Gasteiger partial charge in [-0.25, -0.2) is 9.37 Å². The van der Waals surface area contributed by atoms with Gasteiger partial charge >= 0.3 is 6.18 Å². The van der Waals surface area contributed by atoms with Crippen molar-refractivity contribution in [1.82, 2.24) is 14.5 Å². The van der Waals surface area contributed by atoms with Crippen LogP contribution in [0.4, 0.5) is 17.6 Å². The fourth-order valence-corrected chi connectivity index (χ4v) is 3.68. The second-order valence-corrected chi connectivity index (χ2v) is 7.15. The van der Waals surface area contributed by atoms with Gasteiger partial charge in [0.1, 0.15) is 11.5 Å². The molecule has 0 saturated carbocycles. The zero-order valence-electron chi connectivity index (χ0n) is 14.9. The van der Waals surface area contributed by atoms with Crippen molar-refractivity contribution in [3.05, 3.63) is 56.8 Å². The van der Waals surface area contributed by atoms with E-state index in [-0.39, 0.29) is 34.3 Å². The fraction of sp³-hybridized carbons (Fsp3) is 0.316. The van der Waals surface area contributed by atoms with Gasteiger partial charge < -0.3 is 4.74 Å². The number of hydrogen-bond acceptors (Lipinski definition) is 4. The predicted octanol–water partition coefficient (Wildman–Crippen LogP) is 4.46. The molecule has 0 radical (unpaired) electrons. The average Bonchev–Trinajstić information content (AvgIpc) is 3.17. The number of halogens is 4. The number of fused-ring (bicyclic) bond motifs is 1. The van der Waals surface area contributed by atoms with Gasteiger partial charge in [0.25, 0.3) is 5.56 Å². The zero-order valence-corrected chi connectivity index (χ0v) is 15.7. The van der Waals surface area contributed by atoms with Gasteiger partial charge in [-0.05, 0) is 55.4 Å². The second kappa shape index (κ2) is 7.34. The van der Waals surface area contributed by atoms with Gasteiger partial charge in [-0.3, -0.25) is 14.3 Å². The number of ether oxygens (including phenoxy) is 1. The number of alkyl halides is 3. The van der Waals surface area contributed by atoms with E-state index < -0.39 is 28.5 Å². The number of aromatic nitrogens is 3. The lowest BCUT2D eigenvalue weighted by Gasteiger charge is -2.18. The summed E-state index contributed by atoms with van der Waals surface area (Å²) in [6, 6.07) is 5.71. The van der Waals surface area contributed by atoms with E-state index in [1.54, 1.807) is 0 Å². The van der Waals surface area contributed by atoms with Gasteiger partial charge in [-0.15, -0.1) is 0 Å². The first-order chi connectivity index (χ1) is 13.7. The quantitative estimate of drug-likeness (QED) is 0.497. The molecule has 1 aliphatic heterocycles. The van der Waals surface area contributed by atoms with Gasteiger partial charge in [0.05, 0.1) is 29.3 Å². The summed E-state index contributed by atoms with van der Waals surface area (Å²) in [4.78, 5) is 19.0. The lowest BCUT2D eigenvalue weighted by atomic mass is 10.1. The van der Waals surface area contributed by atoms with Gasteiger partial charge in [-0.1, -0.05) is 0 Å². The van der Waals surface area contributed by atoms with Gasteiger partial charge in [0.2, 0.25) is 0 Å². The molecule has 0 amide bonds. The van der Waals surface area contributed by atoms with E-state index in [4.69, 9.17) is 17.0 Å². The standard InChI is InChI=1S/C19H15F4N3O2S/c20-11-5-3-10(4-6-11)14-8-13(19(21,22)23)15-16(24-14)26(18(29)25-17(15)27)9-12-2-1-7-28-12/h3-6,8,12H,1-2,7,9H2,(H,25,27,29). The molecule has 0 aliphatic carbocycles. The van der Waals surface area contributed by atoms with Crippen molar-refractivity contribution in [3.63, 3.8) is 0 Å². The Kier molecular flexibility index (Phi) is 4.99. The third-order valence-electron chi connectivity index (χ3n) is 4.80. The molecule has 1 aliphatic rings. The largest absolute Gasteiger partial charge is 0.417 e. The molecule has 1 saturated heterocycles. The predicted molar refractivity (Wildman–Crippen MR) is 101 cm³/mol. The smallest absolute Gasteiger partial charge is 0.376 e. The topological polar surface area (TPSA) is 59.9 Å². The first-order valence-electron chi connectivity index (χ1n) is 8.86. The Morgan fingerprint density at radius 3 is 2.62 bits per heavy atom. The van der Waals surface area contributed by atoms with Crippen LogP contribution in [0.2, 0.25) is 0 Å². The number of nitrogens with zero attached hydrogens (tertiary/aromatic N) is 2. The summed E-state index contributed by atoms with van der Waals surface area (Å²) in [6.07, 6.45) is -3.47. The lowest BCUT2D eigenvalue weighted by Crippen LogP contribution is -2.24. The van der Waals surface area contributed by atoms with Crippen molar-refractivity contribution in [2.75, 3.05) is 6.61 Å². The molecule has 1 atom stereocenters. The van der Waals surface area contributed by atoms with Crippen molar-refractivity contribution >= 4 is 23.3 Å². The summed E-state index contributed by atoms with van der Waals surface area (Å²) in [7, 11) is 0. The van der Waals surface area contributed by atoms with Crippen LogP contribution in [0, 0.1) is 10.6 Å². The maximum atomic E-state index is 13.8. The first-order valence-corrected chi connectivity index (χ1v) is 9.27. The van der Waals surface area contributed by atoms with Gasteiger partial charge in [-0.2, -0.15) is 13.2 Å². The van der Waals surface area contributed by atoms with Gasteiger partial charge in [0.15, 0.2) is 4.77 Å². The van der Waals surface area contributed by atoms with E-state index in [1.165, 1.54) is 16.7 Å². The summed E-state index contributed by atoms with van der Waals surface area (Å²) in [5.41, 5.74) is -2.01. The molecule has 2 aromatic heterocycles. The highest BCUT2D eigenvalue weighted by atomic mass is 32.1. The third-order valence-corrected chi connectivity index (χ3v) is 5.13. The van der Waals surface area contributed by atoms with Crippen LogP contribution in [0.5, 0.6) is 0 Å². The van der Waals surface area contributed by atoms with Crippen LogP contribution >= 0.6 is 12.2 Å². The van der Waals surface area contributed by atoms with Crippen molar-refractivity contribution in [2.45, 2.75) is 31.7 Å². The Hall–Kier alpha value is -2.59. The van der Waals surface area contributed by atoms with Crippen molar-refractivity contribution in [3.8, 4) is 11.3 Å². The minimum atomic E-state index is -4.80. The van der Waals surface area contributed by atoms with Crippen LogP contribution in [-0.2, 0) is 17.5 Å². The van der Waals surface area contributed by atoms with Crippen molar-refractivity contribution in [2.24, 2.45) is 0 Å². The number of H-pyrrole nitrogens is 1. The Morgan fingerprint density at radius 1 is 1.28 bits per heavy atom. The Bertz CT molecular complexity index is 1180. The molecular weight excluding hydrogens is 410 g/mol. The van der Waals surface area contributed by atoms with E-state index in [1.807, 2.05) is 0 Å². The van der Waals surface area contributed by atoms with Crippen LogP contribution in [0.25, 0.3) is 22.3 Å². The molecular formula is C19H15F4N3O2S. The maximum absolute atomic E-state index is 13.8. The third kappa shape index (κ3) is 3.82. The van der Waals surface area contributed by atoms with E-state index in [0.29, 0.717) is 6.61 Å². The highest BCUT2D eigenvalue weighted by Gasteiger charge is 2.35. The molecule has 3 heterocycles. The molecule has 4 rings (SSSR count). The monoisotopic (exact) mass is 425 g/mol.